The number of nitrogens with two attached hydrogens (primary N) is 1. The SMILES string of the molecule is CN[C@H]1CC[C@H](n2cc(-c3cncc(N)c3Cl)c3cc(C#N)c(C)cc32)CC1. The highest BCUT2D eigenvalue weighted by Crippen LogP contribution is 2.41. The van der Waals surface area contributed by atoms with Crippen molar-refractivity contribution in [2.24, 2.45) is 0 Å². The van der Waals surface area contributed by atoms with Crippen molar-refractivity contribution in [3.63, 3.8) is 0 Å². The quantitative estimate of drug-likeness (QED) is 0.668. The number of aromatic nitrogens is 2. The van der Waals surface area contributed by atoms with Gasteiger partial charge >= 0.3 is 0 Å². The van der Waals surface area contributed by atoms with E-state index in [1.807, 2.05) is 20.0 Å². The molecule has 1 saturated carbocycles. The number of nitrogens with zero attached hydrogens (tertiary/aromatic N) is 3. The summed E-state index contributed by atoms with van der Waals surface area (Å²) in [6, 6.07) is 7.42. The molecule has 0 saturated heterocycles. The molecule has 1 aliphatic rings. The van der Waals surface area contributed by atoms with Crippen LogP contribution in [0.4, 0.5) is 5.69 Å². The Bertz CT molecular complexity index is 1070. The fourth-order valence-corrected chi connectivity index (χ4v) is 4.53. The van der Waals surface area contributed by atoms with Gasteiger partial charge < -0.3 is 15.6 Å². The third-order valence-electron chi connectivity index (χ3n) is 6.00. The Kier molecular flexibility index (Phi) is 5.01. The van der Waals surface area contributed by atoms with E-state index in [0.717, 1.165) is 53.3 Å². The molecule has 0 amide bonds. The molecule has 0 unspecified atom stereocenters. The normalized spacial score (nSPS) is 19.6. The predicted octanol–water partition coefficient (Wildman–Crippen LogP) is 4.82. The van der Waals surface area contributed by atoms with Crippen LogP contribution in [-0.4, -0.2) is 22.6 Å². The minimum atomic E-state index is 0.431. The Labute approximate surface area is 170 Å². The highest BCUT2D eigenvalue weighted by Gasteiger charge is 2.24. The Morgan fingerprint density at radius 1 is 1.21 bits per heavy atom. The molecular formula is C22H24ClN5. The fourth-order valence-electron chi connectivity index (χ4n) is 4.33. The molecule has 2 heterocycles. The van der Waals surface area contributed by atoms with Gasteiger partial charge in [0.2, 0.25) is 0 Å². The number of aryl methyl sites for hydroxylation is 1. The van der Waals surface area contributed by atoms with Crippen molar-refractivity contribution in [3.8, 4) is 17.2 Å². The number of nitriles is 1. The summed E-state index contributed by atoms with van der Waals surface area (Å²) in [5.41, 5.74) is 11.1. The number of pyridine rings is 1. The summed E-state index contributed by atoms with van der Waals surface area (Å²) < 4.78 is 2.37. The Hall–Kier alpha value is -2.55. The summed E-state index contributed by atoms with van der Waals surface area (Å²) in [7, 11) is 2.04. The number of nitrogen functional groups attached to an aromatic ring is 1. The summed E-state index contributed by atoms with van der Waals surface area (Å²) in [4.78, 5) is 4.24. The second kappa shape index (κ2) is 7.46. The Morgan fingerprint density at radius 3 is 2.64 bits per heavy atom. The number of fused-ring (bicyclic) bond motifs is 1. The van der Waals surface area contributed by atoms with Crippen LogP contribution >= 0.6 is 11.6 Å². The first-order valence-electron chi connectivity index (χ1n) is 9.65. The van der Waals surface area contributed by atoms with Crippen LogP contribution in [-0.2, 0) is 0 Å². The second-order valence-electron chi connectivity index (χ2n) is 7.63. The lowest BCUT2D eigenvalue weighted by molar-refractivity contribution is 0.305. The van der Waals surface area contributed by atoms with Gasteiger partial charge in [-0.05, 0) is 57.4 Å². The molecule has 0 aliphatic heterocycles. The minimum absolute atomic E-state index is 0.431. The first kappa shape index (κ1) is 18.8. The molecule has 5 nitrogen and oxygen atoms in total. The zero-order chi connectivity index (χ0) is 19.8. The minimum Gasteiger partial charge on any atom is -0.396 e. The number of hydrogen-bond donors (Lipinski definition) is 2. The Morgan fingerprint density at radius 2 is 1.96 bits per heavy atom. The summed E-state index contributed by atoms with van der Waals surface area (Å²) >= 11 is 6.52. The van der Waals surface area contributed by atoms with Crippen LogP contribution in [0.5, 0.6) is 0 Å². The molecule has 0 spiro atoms. The Balaban J connectivity index is 1.91. The molecule has 1 fully saturated rings. The molecule has 3 N–H and O–H groups in total. The molecule has 6 heteroatoms. The lowest BCUT2D eigenvalue weighted by atomic mass is 9.91. The van der Waals surface area contributed by atoms with Gasteiger partial charge in [-0.2, -0.15) is 5.26 Å². The van der Waals surface area contributed by atoms with Crippen LogP contribution in [0, 0.1) is 18.3 Å². The average Bonchev–Trinajstić information content (AvgIpc) is 3.07. The van der Waals surface area contributed by atoms with Gasteiger partial charge in [0.15, 0.2) is 0 Å². The van der Waals surface area contributed by atoms with E-state index in [9.17, 15) is 5.26 Å². The van der Waals surface area contributed by atoms with E-state index in [4.69, 9.17) is 17.3 Å². The van der Waals surface area contributed by atoms with Crippen molar-refractivity contribution >= 4 is 28.2 Å². The third kappa shape index (κ3) is 3.13. The van der Waals surface area contributed by atoms with Crippen molar-refractivity contribution in [1.82, 2.24) is 14.9 Å². The lowest BCUT2D eigenvalue weighted by Gasteiger charge is -2.30. The number of nitrogens with one attached hydrogen (secondary N) is 1. The zero-order valence-corrected chi connectivity index (χ0v) is 16.9. The van der Waals surface area contributed by atoms with Crippen molar-refractivity contribution in [2.45, 2.75) is 44.7 Å². The molecule has 0 radical (unpaired) electrons. The average molecular weight is 394 g/mol. The maximum absolute atomic E-state index is 9.53. The fraction of sp³-hybridized carbons (Fsp3) is 0.364. The van der Waals surface area contributed by atoms with Gasteiger partial charge in [-0.3, -0.25) is 4.98 Å². The molecule has 0 atom stereocenters. The van der Waals surface area contributed by atoms with E-state index in [2.05, 4.69) is 33.2 Å². The largest absolute Gasteiger partial charge is 0.396 e. The van der Waals surface area contributed by atoms with E-state index in [1.54, 1.807) is 12.4 Å². The molecule has 3 aromatic rings. The molecule has 4 rings (SSSR count). The molecule has 1 aromatic carbocycles. The van der Waals surface area contributed by atoms with Crippen molar-refractivity contribution in [1.29, 1.82) is 5.26 Å². The van der Waals surface area contributed by atoms with Gasteiger partial charge in [0, 0.05) is 46.5 Å². The number of rotatable bonds is 3. The lowest BCUT2D eigenvalue weighted by Crippen LogP contribution is -2.30. The summed E-state index contributed by atoms with van der Waals surface area (Å²) in [5.74, 6) is 0. The van der Waals surface area contributed by atoms with Gasteiger partial charge in [-0.15, -0.1) is 0 Å². The number of benzene rings is 1. The maximum atomic E-state index is 9.53. The highest BCUT2D eigenvalue weighted by molar-refractivity contribution is 6.36. The molecule has 144 valence electrons. The molecule has 0 bridgehead atoms. The number of halogens is 1. The maximum Gasteiger partial charge on any atom is 0.0994 e. The van der Waals surface area contributed by atoms with Crippen LogP contribution in [0.2, 0.25) is 5.02 Å². The number of anilines is 1. The second-order valence-corrected chi connectivity index (χ2v) is 8.01. The topological polar surface area (TPSA) is 79.7 Å². The van der Waals surface area contributed by atoms with Crippen molar-refractivity contribution in [3.05, 3.63) is 46.9 Å². The van der Waals surface area contributed by atoms with E-state index >= 15 is 0 Å². The molecule has 28 heavy (non-hydrogen) atoms. The summed E-state index contributed by atoms with van der Waals surface area (Å²) in [6.45, 7) is 1.99. The first-order valence-corrected chi connectivity index (χ1v) is 10.0. The smallest absolute Gasteiger partial charge is 0.0994 e. The van der Waals surface area contributed by atoms with E-state index in [-0.39, 0.29) is 0 Å². The standard InChI is InChI=1S/C22H24ClN5/c1-13-7-21-17(8-14(13)9-24)19(18-10-27-11-20(25)22(18)23)12-28(21)16-5-3-15(26-2)4-6-16/h7-8,10-12,15-16,26H,3-6,25H2,1-2H3/t15-,16-. The van der Waals surface area contributed by atoms with E-state index in [1.165, 1.54) is 0 Å². The zero-order valence-electron chi connectivity index (χ0n) is 16.2. The van der Waals surface area contributed by atoms with Crippen LogP contribution in [0.15, 0.2) is 30.7 Å². The van der Waals surface area contributed by atoms with Crippen LogP contribution in [0.1, 0.15) is 42.9 Å². The molecular weight excluding hydrogens is 370 g/mol. The third-order valence-corrected chi connectivity index (χ3v) is 6.42. The van der Waals surface area contributed by atoms with Gasteiger partial charge in [0.1, 0.15) is 0 Å². The van der Waals surface area contributed by atoms with Crippen molar-refractivity contribution in [2.75, 3.05) is 12.8 Å². The van der Waals surface area contributed by atoms with E-state index < -0.39 is 0 Å². The monoisotopic (exact) mass is 393 g/mol. The molecule has 1 aliphatic carbocycles. The summed E-state index contributed by atoms with van der Waals surface area (Å²) in [5, 5.41) is 14.5. The highest BCUT2D eigenvalue weighted by atomic mass is 35.5. The van der Waals surface area contributed by atoms with Gasteiger partial charge in [-0.1, -0.05) is 11.6 Å². The van der Waals surface area contributed by atoms with Crippen LogP contribution < -0.4 is 11.1 Å². The van der Waals surface area contributed by atoms with Gasteiger partial charge in [-0.25, -0.2) is 0 Å². The van der Waals surface area contributed by atoms with Crippen molar-refractivity contribution < 1.29 is 0 Å². The van der Waals surface area contributed by atoms with E-state index in [0.29, 0.717) is 28.4 Å². The van der Waals surface area contributed by atoms with Crippen LogP contribution in [0.25, 0.3) is 22.0 Å². The molecule has 2 aromatic heterocycles. The number of hydrogen-bond acceptors (Lipinski definition) is 4. The van der Waals surface area contributed by atoms with Gasteiger partial charge in [0.25, 0.3) is 0 Å². The summed E-state index contributed by atoms with van der Waals surface area (Å²) in [6.07, 6.45) is 10.0. The van der Waals surface area contributed by atoms with Gasteiger partial charge in [0.05, 0.1) is 28.5 Å². The first-order chi connectivity index (χ1) is 13.5. The predicted molar refractivity (Wildman–Crippen MR) is 114 cm³/mol. The van der Waals surface area contributed by atoms with Crippen LogP contribution in [0.3, 0.4) is 0 Å².